The maximum atomic E-state index is 13.4. The molecule has 0 radical (unpaired) electrons. The minimum atomic E-state index is -0.550. The minimum absolute atomic E-state index is 0.0237. The Morgan fingerprint density at radius 2 is 2.20 bits per heavy atom. The first kappa shape index (κ1) is 9.98. The lowest BCUT2D eigenvalue weighted by molar-refractivity contribution is 0.384. The second-order valence-electron chi connectivity index (χ2n) is 3.03. The fourth-order valence-corrected chi connectivity index (χ4v) is 1.51. The van der Waals surface area contributed by atoms with Gasteiger partial charge in [-0.3, -0.25) is 0 Å². The van der Waals surface area contributed by atoms with Gasteiger partial charge in [-0.2, -0.15) is 0 Å². The van der Waals surface area contributed by atoms with Crippen LogP contribution in [0.1, 0.15) is 5.76 Å². The summed E-state index contributed by atoms with van der Waals surface area (Å²) < 4.78 is 18.2. The summed E-state index contributed by atoms with van der Waals surface area (Å²) in [5, 5.41) is 13.3. The van der Waals surface area contributed by atoms with Crippen LogP contribution in [0.15, 0.2) is 22.7 Å². The van der Waals surface area contributed by atoms with Gasteiger partial charge in [0.2, 0.25) is 0 Å². The molecule has 0 saturated heterocycles. The van der Waals surface area contributed by atoms with Crippen LogP contribution in [0.4, 0.5) is 4.39 Å². The number of hydrogen-bond acceptors (Lipinski definition) is 3. The first-order valence-electron chi connectivity index (χ1n) is 4.21. The molecule has 0 saturated carbocycles. The SMILES string of the molecule is Cc1onc(-c2c(F)cccc2Cl)c1O. The van der Waals surface area contributed by atoms with Gasteiger partial charge in [-0.15, -0.1) is 0 Å². The van der Waals surface area contributed by atoms with Gasteiger partial charge in [0.05, 0.1) is 10.6 Å². The van der Waals surface area contributed by atoms with Gasteiger partial charge in [-0.1, -0.05) is 22.8 Å². The van der Waals surface area contributed by atoms with Crippen LogP contribution < -0.4 is 0 Å². The van der Waals surface area contributed by atoms with Crippen LogP contribution in [0.2, 0.25) is 5.02 Å². The van der Waals surface area contributed by atoms with Gasteiger partial charge < -0.3 is 9.63 Å². The molecule has 0 atom stereocenters. The summed E-state index contributed by atoms with van der Waals surface area (Å²) in [6, 6.07) is 4.24. The van der Waals surface area contributed by atoms with Gasteiger partial charge in [0, 0.05) is 6.92 Å². The van der Waals surface area contributed by atoms with Crippen LogP contribution in [0.3, 0.4) is 0 Å². The number of hydrogen-bond donors (Lipinski definition) is 1. The third-order valence-electron chi connectivity index (χ3n) is 2.03. The molecule has 15 heavy (non-hydrogen) atoms. The number of nitrogens with zero attached hydrogens (tertiary/aromatic N) is 1. The van der Waals surface area contributed by atoms with Crippen molar-refractivity contribution in [2.75, 3.05) is 0 Å². The number of benzene rings is 1. The summed E-state index contributed by atoms with van der Waals surface area (Å²) in [7, 11) is 0. The lowest BCUT2D eigenvalue weighted by atomic mass is 10.1. The van der Waals surface area contributed by atoms with Crippen molar-refractivity contribution in [3.05, 3.63) is 34.8 Å². The summed E-state index contributed by atoms with van der Waals surface area (Å²) in [4.78, 5) is 0. The average Bonchev–Trinajstić information content (AvgIpc) is 2.49. The molecular formula is C10H7ClFNO2. The van der Waals surface area contributed by atoms with Gasteiger partial charge in [-0.25, -0.2) is 4.39 Å². The Morgan fingerprint density at radius 3 is 2.73 bits per heavy atom. The summed E-state index contributed by atoms with van der Waals surface area (Å²) >= 11 is 5.81. The van der Waals surface area contributed by atoms with E-state index in [1.54, 1.807) is 0 Å². The van der Waals surface area contributed by atoms with Crippen LogP contribution >= 0.6 is 11.6 Å². The summed E-state index contributed by atoms with van der Waals surface area (Å²) in [5.41, 5.74) is 0.0733. The molecule has 0 aliphatic carbocycles. The van der Waals surface area contributed by atoms with E-state index in [1.807, 2.05) is 0 Å². The number of aromatic nitrogens is 1. The zero-order valence-corrected chi connectivity index (χ0v) is 8.55. The predicted octanol–water partition coefficient (Wildman–Crippen LogP) is 3.15. The first-order valence-corrected chi connectivity index (χ1v) is 4.58. The summed E-state index contributed by atoms with van der Waals surface area (Å²) in [6.07, 6.45) is 0. The molecule has 1 heterocycles. The third kappa shape index (κ3) is 1.57. The standard InChI is InChI=1S/C10H7ClFNO2/c1-5-10(14)9(13-15-5)8-6(11)3-2-4-7(8)12/h2-4,14H,1H3. The molecule has 2 aromatic rings. The predicted molar refractivity (Wildman–Crippen MR) is 53.3 cm³/mol. The zero-order valence-electron chi connectivity index (χ0n) is 7.79. The van der Waals surface area contributed by atoms with E-state index in [-0.39, 0.29) is 27.8 Å². The third-order valence-corrected chi connectivity index (χ3v) is 2.35. The molecule has 5 heteroatoms. The van der Waals surface area contributed by atoms with Crippen molar-refractivity contribution < 1.29 is 14.0 Å². The molecule has 2 rings (SSSR count). The molecule has 78 valence electrons. The highest BCUT2D eigenvalue weighted by Crippen LogP contribution is 2.36. The fraction of sp³-hybridized carbons (Fsp3) is 0.100. The van der Waals surface area contributed by atoms with Gasteiger partial charge in [0.1, 0.15) is 5.82 Å². The van der Waals surface area contributed by atoms with Crippen molar-refractivity contribution in [3.8, 4) is 17.0 Å². The van der Waals surface area contributed by atoms with E-state index >= 15 is 0 Å². The number of rotatable bonds is 1. The molecule has 0 spiro atoms. The normalized spacial score (nSPS) is 10.6. The van der Waals surface area contributed by atoms with Crippen LogP contribution in [-0.4, -0.2) is 10.3 Å². The molecule has 3 nitrogen and oxygen atoms in total. The molecule has 1 N–H and O–H groups in total. The Balaban J connectivity index is 2.69. The topological polar surface area (TPSA) is 46.3 Å². The largest absolute Gasteiger partial charge is 0.503 e. The fourth-order valence-electron chi connectivity index (χ4n) is 1.26. The maximum absolute atomic E-state index is 13.4. The number of halogens is 2. The second-order valence-corrected chi connectivity index (χ2v) is 3.44. The van der Waals surface area contributed by atoms with Gasteiger partial charge in [0.25, 0.3) is 0 Å². The Labute approximate surface area is 90.1 Å². The molecule has 0 fully saturated rings. The van der Waals surface area contributed by atoms with Gasteiger partial charge >= 0.3 is 0 Å². The van der Waals surface area contributed by atoms with Crippen molar-refractivity contribution in [2.45, 2.75) is 6.92 Å². The second kappa shape index (κ2) is 3.55. The van der Waals surface area contributed by atoms with Crippen LogP contribution in [0, 0.1) is 12.7 Å². The maximum Gasteiger partial charge on any atom is 0.187 e. The van der Waals surface area contributed by atoms with Gasteiger partial charge in [-0.05, 0) is 12.1 Å². The summed E-state index contributed by atoms with van der Waals surface area (Å²) in [6.45, 7) is 1.53. The monoisotopic (exact) mass is 227 g/mol. The van der Waals surface area contributed by atoms with E-state index < -0.39 is 5.82 Å². The number of aromatic hydroxyl groups is 1. The highest BCUT2D eigenvalue weighted by molar-refractivity contribution is 6.33. The highest BCUT2D eigenvalue weighted by Gasteiger charge is 2.19. The van der Waals surface area contributed by atoms with E-state index in [9.17, 15) is 9.50 Å². The van der Waals surface area contributed by atoms with Crippen molar-refractivity contribution in [1.82, 2.24) is 5.16 Å². The highest BCUT2D eigenvalue weighted by atomic mass is 35.5. The zero-order chi connectivity index (χ0) is 11.0. The molecule has 0 aliphatic rings. The molecular weight excluding hydrogens is 221 g/mol. The van der Waals surface area contributed by atoms with Gasteiger partial charge in [0.15, 0.2) is 17.2 Å². The van der Waals surface area contributed by atoms with Crippen molar-refractivity contribution in [2.24, 2.45) is 0 Å². The summed E-state index contributed by atoms with van der Waals surface area (Å²) in [5.74, 6) is -0.516. The molecule has 0 amide bonds. The molecule has 0 unspecified atom stereocenters. The Hall–Kier alpha value is -1.55. The quantitative estimate of drug-likeness (QED) is 0.814. The van der Waals surface area contributed by atoms with E-state index in [0.717, 1.165) is 0 Å². The van der Waals surface area contributed by atoms with Crippen LogP contribution in [0.25, 0.3) is 11.3 Å². The first-order chi connectivity index (χ1) is 7.11. The number of aryl methyl sites for hydroxylation is 1. The van der Waals surface area contributed by atoms with Crippen molar-refractivity contribution in [3.63, 3.8) is 0 Å². The molecule has 1 aromatic carbocycles. The van der Waals surface area contributed by atoms with E-state index in [2.05, 4.69) is 5.16 Å². The van der Waals surface area contributed by atoms with Crippen LogP contribution in [0.5, 0.6) is 5.75 Å². The van der Waals surface area contributed by atoms with E-state index in [0.29, 0.717) is 0 Å². The van der Waals surface area contributed by atoms with Crippen molar-refractivity contribution in [1.29, 1.82) is 0 Å². The molecule has 0 aliphatic heterocycles. The van der Waals surface area contributed by atoms with Crippen molar-refractivity contribution >= 4 is 11.6 Å². The smallest absolute Gasteiger partial charge is 0.187 e. The van der Waals surface area contributed by atoms with E-state index in [4.69, 9.17) is 16.1 Å². The lowest BCUT2D eigenvalue weighted by Crippen LogP contribution is -1.86. The Morgan fingerprint density at radius 1 is 1.47 bits per heavy atom. The van der Waals surface area contributed by atoms with Crippen LogP contribution in [-0.2, 0) is 0 Å². The molecule has 1 aromatic heterocycles. The lowest BCUT2D eigenvalue weighted by Gasteiger charge is -2.01. The Kier molecular flexibility index (Phi) is 2.36. The Bertz CT molecular complexity index is 490. The minimum Gasteiger partial charge on any atom is -0.503 e. The van der Waals surface area contributed by atoms with E-state index in [1.165, 1.54) is 25.1 Å². The average molecular weight is 228 g/mol. The molecule has 0 bridgehead atoms.